The van der Waals surface area contributed by atoms with Crippen molar-refractivity contribution in [3.63, 3.8) is 0 Å². The van der Waals surface area contributed by atoms with Gasteiger partial charge in [0.1, 0.15) is 11.5 Å². The molecular formula is C24H32IN5O. The van der Waals surface area contributed by atoms with E-state index < -0.39 is 0 Å². The van der Waals surface area contributed by atoms with Crippen molar-refractivity contribution in [2.24, 2.45) is 12.0 Å². The van der Waals surface area contributed by atoms with Crippen LogP contribution in [-0.4, -0.2) is 28.8 Å². The molecule has 1 heterocycles. The fraction of sp³-hybridized carbons (Fsp3) is 0.333. The average Bonchev–Trinajstić information content (AvgIpc) is 2.98. The molecule has 0 fully saturated rings. The number of hydrogen-bond acceptors (Lipinski definition) is 3. The van der Waals surface area contributed by atoms with E-state index in [4.69, 9.17) is 4.74 Å². The average molecular weight is 533 g/mol. The first-order chi connectivity index (χ1) is 14.5. The first-order valence-corrected chi connectivity index (χ1v) is 10.2. The molecule has 6 nitrogen and oxygen atoms in total. The molecule has 0 radical (unpaired) electrons. The molecule has 3 rings (SSSR count). The van der Waals surface area contributed by atoms with E-state index in [9.17, 15) is 0 Å². The van der Waals surface area contributed by atoms with Crippen molar-refractivity contribution < 1.29 is 4.74 Å². The number of aliphatic imine (C=N–C) groups is 1. The molecule has 0 aliphatic heterocycles. The first-order valence-electron chi connectivity index (χ1n) is 10.2. The van der Waals surface area contributed by atoms with Crippen molar-refractivity contribution in [1.29, 1.82) is 0 Å². The van der Waals surface area contributed by atoms with Gasteiger partial charge in [0.2, 0.25) is 0 Å². The normalized spacial score (nSPS) is 12.1. The molecule has 7 heteroatoms. The highest BCUT2D eigenvalue weighted by Crippen LogP contribution is 2.21. The minimum Gasteiger partial charge on any atom is -0.457 e. The second-order valence-corrected chi connectivity index (χ2v) is 7.51. The second kappa shape index (κ2) is 11.7. The highest BCUT2D eigenvalue weighted by Gasteiger charge is 2.14. The van der Waals surface area contributed by atoms with Crippen LogP contribution in [0.1, 0.15) is 29.4 Å². The summed E-state index contributed by atoms with van der Waals surface area (Å²) in [5.74, 6) is 2.42. The first kappa shape index (κ1) is 24.7. The number of rotatable bonds is 7. The molecule has 2 aromatic carbocycles. The van der Waals surface area contributed by atoms with Crippen LogP contribution in [0.4, 0.5) is 0 Å². The van der Waals surface area contributed by atoms with Crippen LogP contribution in [0.5, 0.6) is 11.5 Å². The van der Waals surface area contributed by atoms with Crippen molar-refractivity contribution >= 4 is 29.9 Å². The number of nitrogens with one attached hydrogen (secondary N) is 2. The van der Waals surface area contributed by atoms with Crippen LogP contribution in [-0.2, 0) is 20.0 Å². The molecule has 1 aromatic heterocycles. The number of aryl methyl sites for hydroxylation is 2. The maximum Gasteiger partial charge on any atom is 0.191 e. The maximum atomic E-state index is 5.93. The third-order valence-electron chi connectivity index (χ3n) is 5.11. The summed E-state index contributed by atoms with van der Waals surface area (Å²) in [7, 11) is 3.78. The Morgan fingerprint density at radius 2 is 1.81 bits per heavy atom. The van der Waals surface area contributed by atoms with E-state index >= 15 is 0 Å². The predicted octanol–water partition coefficient (Wildman–Crippen LogP) is 4.74. The summed E-state index contributed by atoms with van der Waals surface area (Å²) in [5, 5.41) is 11.4. The van der Waals surface area contributed by atoms with Gasteiger partial charge in [-0.2, -0.15) is 5.10 Å². The molecule has 0 aliphatic carbocycles. The number of aromatic nitrogens is 2. The van der Waals surface area contributed by atoms with Gasteiger partial charge >= 0.3 is 0 Å². The van der Waals surface area contributed by atoms with Gasteiger partial charge in [-0.05, 0) is 62.6 Å². The van der Waals surface area contributed by atoms with Crippen LogP contribution < -0.4 is 15.4 Å². The van der Waals surface area contributed by atoms with Crippen molar-refractivity contribution in [3.8, 4) is 11.5 Å². The molecule has 3 aromatic rings. The summed E-state index contributed by atoms with van der Waals surface area (Å²) < 4.78 is 7.87. The van der Waals surface area contributed by atoms with E-state index in [0.717, 1.165) is 35.1 Å². The lowest BCUT2D eigenvalue weighted by Gasteiger charge is -2.18. The maximum absolute atomic E-state index is 5.93. The lowest BCUT2D eigenvalue weighted by molar-refractivity contribution is 0.482. The van der Waals surface area contributed by atoms with Gasteiger partial charge in [-0.25, -0.2) is 0 Å². The fourth-order valence-electron chi connectivity index (χ4n) is 3.43. The van der Waals surface area contributed by atoms with Crippen molar-refractivity contribution in [1.82, 2.24) is 20.4 Å². The van der Waals surface area contributed by atoms with E-state index in [1.54, 1.807) is 7.05 Å². The summed E-state index contributed by atoms with van der Waals surface area (Å²) in [6, 6.07) is 18.1. The van der Waals surface area contributed by atoms with E-state index in [0.29, 0.717) is 6.54 Å². The Labute approximate surface area is 202 Å². The Bertz CT molecular complexity index is 1000. The molecule has 0 aliphatic rings. The Morgan fingerprint density at radius 1 is 1.10 bits per heavy atom. The number of para-hydroxylation sites is 1. The molecule has 0 amide bonds. The summed E-state index contributed by atoms with van der Waals surface area (Å²) in [4.78, 5) is 4.37. The number of benzene rings is 2. The van der Waals surface area contributed by atoms with Gasteiger partial charge in [0.05, 0.1) is 5.69 Å². The van der Waals surface area contributed by atoms with Gasteiger partial charge in [-0.15, -0.1) is 24.0 Å². The van der Waals surface area contributed by atoms with Crippen molar-refractivity contribution in [3.05, 3.63) is 77.1 Å². The molecule has 0 spiro atoms. The van der Waals surface area contributed by atoms with Crippen LogP contribution in [0.3, 0.4) is 0 Å². The second-order valence-electron chi connectivity index (χ2n) is 7.51. The van der Waals surface area contributed by atoms with E-state index in [1.165, 1.54) is 11.3 Å². The smallest absolute Gasteiger partial charge is 0.191 e. The molecule has 1 unspecified atom stereocenters. The molecule has 1 atom stereocenters. The van der Waals surface area contributed by atoms with Gasteiger partial charge in [0.25, 0.3) is 0 Å². The molecule has 2 N–H and O–H groups in total. The van der Waals surface area contributed by atoms with Gasteiger partial charge in [0.15, 0.2) is 5.96 Å². The fourth-order valence-corrected chi connectivity index (χ4v) is 3.43. The lowest BCUT2D eigenvalue weighted by atomic mass is 10.1. The quantitative estimate of drug-likeness (QED) is 0.262. The minimum atomic E-state index is 0. The van der Waals surface area contributed by atoms with Crippen LogP contribution in [0.15, 0.2) is 59.6 Å². The third-order valence-corrected chi connectivity index (χ3v) is 5.11. The number of halogens is 1. The number of ether oxygens (including phenoxy) is 1. The topological polar surface area (TPSA) is 63.5 Å². The largest absolute Gasteiger partial charge is 0.457 e. The summed E-state index contributed by atoms with van der Waals surface area (Å²) >= 11 is 0. The van der Waals surface area contributed by atoms with Crippen LogP contribution >= 0.6 is 24.0 Å². The molecule has 31 heavy (non-hydrogen) atoms. The van der Waals surface area contributed by atoms with Crippen LogP contribution in [0, 0.1) is 13.8 Å². The Hall–Kier alpha value is -2.55. The van der Waals surface area contributed by atoms with Gasteiger partial charge in [-0.3, -0.25) is 9.67 Å². The molecule has 0 saturated heterocycles. The predicted molar refractivity (Wildman–Crippen MR) is 138 cm³/mol. The number of hydrogen-bond donors (Lipinski definition) is 2. The molecular weight excluding hydrogens is 501 g/mol. The zero-order valence-electron chi connectivity index (χ0n) is 18.8. The van der Waals surface area contributed by atoms with E-state index in [2.05, 4.69) is 47.6 Å². The standard InChI is InChI=1S/C24H31N5O.HI/c1-17(14-23-18(2)28-29(5)19(23)3)27-24(25-4)26-16-20-10-9-13-22(15-20)30-21-11-7-6-8-12-21;/h6-13,15,17H,14,16H2,1-5H3,(H2,25,26,27);1H. The molecule has 166 valence electrons. The summed E-state index contributed by atoms with van der Waals surface area (Å²) in [5.41, 5.74) is 4.71. The number of guanidine groups is 1. The van der Waals surface area contributed by atoms with Crippen LogP contribution in [0.2, 0.25) is 0 Å². The van der Waals surface area contributed by atoms with Crippen molar-refractivity contribution in [2.75, 3.05) is 7.05 Å². The minimum absolute atomic E-state index is 0. The SMILES string of the molecule is CN=C(NCc1cccc(Oc2ccccc2)c1)NC(C)Cc1c(C)nn(C)c1C.I. The highest BCUT2D eigenvalue weighted by molar-refractivity contribution is 14.0. The summed E-state index contributed by atoms with van der Waals surface area (Å²) in [6.45, 7) is 6.99. The van der Waals surface area contributed by atoms with Gasteiger partial charge in [0, 0.05) is 32.4 Å². The lowest BCUT2D eigenvalue weighted by Crippen LogP contribution is -2.42. The number of nitrogens with zero attached hydrogens (tertiary/aromatic N) is 3. The molecule has 0 bridgehead atoms. The Kier molecular flexibility index (Phi) is 9.36. The summed E-state index contributed by atoms with van der Waals surface area (Å²) in [6.07, 6.45) is 0.895. The zero-order chi connectivity index (χ0) is 21.5. The van der Waals surface area contributed by atoms with E-state index in [1.807, 2.05) is 60.3 Å². The highest BCUT2D eigenvalue weighted by atomic mass is 127. The van der Waals surface area contributed by atoms with E-state index in [-0.39, 0.29) is 30.0 Å². The Morgan fingerprint density at radius 3 is 2.45 bits per heavy atom. The third kappa shape index (κ3) is 6.99. The van der Waals surface area contributed by atoms with Crippen molar-refractivity contribution in [2.45, 2.75) is 39.8 Å². The van der Waals surface area contributed by atoms with Gasteiger partial charge < -0.3 is 15.4 Å². The molecule has 0 saturated carbocycles. The zero-order valence-corrected chi connectivity index (χ0v) is 21.2. The van der Waals surface area contributed by atoms with Crippen LogP contribution in [0.25, 0.3) is 0 Å². The van der Waals surface area contributed by atoms with Gasteiger partial charge in [-0.1, -0.05) is 30.3 Å². The Balaban J connectivity index is 0.00000341. The monoisotopic (exact) mass is 533 g/mol.